The molecule has 96 valence electrons. The molecule has 0 saturated carbocycles. The minimum Gasteiger partial charge on any atom is -0.330 e. The molecular weight excluding hydrogens is 214 g/mol. The average molecular weight is 237 g/mol. The smallest absolute Gasteiger partial charge is 0.147 e. The number of hydrogen-bond donors (Lipinski definition) is 1. The molecule has 2 heterocycles. The van der Waals surface area contributed by atoms with Crippen LogP contribution >= 0.6 is 0 Å². The quantitative estimate of drug-likeness (QED) is 0.797. The SMILES string of the molecule is CC(CCN)CCCN1CCn2cnnc2C1. The molecule has 0 bridgehead atoms. The van der Waals surface area contributed by atoms with Crippen LogP contribution in [0.15, 0.2) is 6.33 Å². The fourth-order valence-electron chi connectivity index (χ4n) is 2.40. The molecule has 0 saturated heterocycles. The summed E-state index contributed by atoms with van der Waals surface area (Å²) in [6.07, 6.45) is 5.51. The Labute approximate surface area is 103 Å². The fraction of sp³-hybridized carbons (Fsp3) is 0.833. The van der Waals surface area contributed by atoms with Gasteiger partial charge in [-0.15, -0.1) is 10.2 Å². The molecule has 0 amide bonds. The van der Waals surface area contributed by atoms with E-state index in [9.17, 15) is 0 Å². The summed E-state index contributed by atoms with van der Waals surface area (Å²) in [5.41, 5.74) is 5.56. The molecule has 1 unspecified atom stereocenters. The van der Waals surface area contributed by atoms with Crippen molar-refractivity contribution in [2.24, 2.45) is 11.7 Å². The average Bonchev–Trinajstić information content (AvgIpc) is 2.76. The van der Waals surface area contributed by atoms with E-state index in [2.05, 4.69) is 26.6 Å². The van der Waals surface area contributed by atoms with E-state index in [4.69, 9.17) is 5.73 Å². The van der Waals surface area contributed by atoms with Crippen molar-refractivity contribution < 1.29 is 0 Å². The normalized spacial score (nSPS) is 18.0. The summed E-state index contributed by atoms with van der Waals surface area (Å²) in [5.74, 6) is 1.86. The highest BCUT2D eigenvalue weighted by Crippen LogP contribution is 2.13. The van der Waals surface area contributed by atoms with Crippen LogP contribution in [0.4, 0.5) is 0 Å². The Morgan fingerprint density at radius 2 is 2.29 bits per heavy atom. The number of nitrogens with two attached hydrogens (primary N) is 1. The summed E-state index contributed by atoms with van der Waals surface area (Å²) < 4.78 is 2.15. The Hall–Kier alpha value is -0.940. The van der Waals surface area contributed by atoms with Gasteiger partial charge < -0.3 is 10.3 Å². The van der Waals surface area contributed by atoms with E-state index in [1.165, 1.54) is 19.4 Å². The topological polar surface area (TPSA) is 60.0 Å². The molecule has 0 aromatic carbocycles. The first-order valence-electron chi connectivity index (χ1n) is 6.58. The van der Waals surface area contributed by atoms with E-state index in [0.717, 1.165) is 44.3 Å². The first kappa shape index (κ1) is 12.5. The van der Waals surface area contributed by atoms with Crippen molar-refractivity contribution in [1.82, 2.24) is 19.7 Å². The lowest BCUT2D eigenvalue weighted by molar-refractivity contribution is 0.209. The van der Waals surface area contributed by atoms with E-state index in [0.29, 0.717) is 0 Å². The monoisotopic (exact) mass is 237 g/mol. The van der Waals surface area contributed by atoms with E-state index >= 15 is 0 Å². The van der Waals surface area contributed by atoms with E-state index in [1.54, 1.807) is 0 Å². The van der Waals surface area contributed by atoms with E-state index < -0.39 is 0 Å². The highest BCUT2D eigenvalue weighted by molar-refractivity contribution is 4.89. The van der Waals surface area contributed by atoms with Crippen molar-refractivity contribution in [3.63, 3.8) is 0 Å². The number of nitrogens with zero attached hydrogens (tertiary/aromatic N) is 4. The van der Waals surface area contributed by atoms with Crippen LogP contribution in [0.1, 0.15) is 32.0 Å². The van der Waals surface area contributed by atoms with Crippen LogP contribution < -0.4 is 5.73 Å². The van der Waals surface area contributed by atoms with Gasteiger partial charge in [-0.25, -0.2) is 0 Å². The van der Waals surface area contributed by atoms with Crippen LogP contribution in [0.5, 0.6) is 0 Å². The van der Waals surface area contributed by atoms with Crippen LogP contribution in [0, 0.1) is 5.92 Å². The third kappa shape index (κ3) is 3.51. The minimum absolute atomic E-state index is 0.758. The van der Waals surface area contributed by atoms with Gasteiger partial charge in [0.05, 0.1) is 6.54 Å². The van der Waals surface area contributed by atoms with Crippen molar-refractivity contribution >= 4 is 0 Å². The van der Waals surface area contributed by atoms with Gasteiger partial charge in [-0.2, -0.15) is 0 Å². The maximum atomic E-state index is 5.56. The Balaban J connectivity index is 1.68. The molecule has 0 aliphatic carbocycles. The Morgan fingerprint density at radius 1 is 1.41 bits per heavy atom. The number of fused-ring (bicyclic) bond motifs is 1. The molecule has 1 aliphatic rings. The third-order valence-electron chi connectivity index (χ3n) is 3.55. The lowest BCUT2D eigenvalue weighted by atomic mass is 10.0. The second-order valence-corrected chi connectivity index (χ2v) is 5.04. The van der Waals surface area contributed by atoms with Gasteiger partial charge in [-0.05, 0) is 38.3 Å². The second-order valence-electron chi connectivity index (χ2n) is 5.04. The molecular formula is C12H23N5. The van der Waals surface area contributed by atoms with Crippen LogP contribution in [0.2, 0.25) is 0 Å². The summed E-state index contributed by atoms with van der Waals surface area (Å²) in [5, 5.41) is 8.08. The summed E-state index contributed by atoms with van der Waals surface area (Å²) in [6.45, 7) is 7.37. The Kier molecular flexibility index (Phi) is 4.50. The van der Waals surface area contributed by atoms with Crippen LogP contribution in [0.3, 0.4) is 0 Å². The lowest BCUT2D eigenvalue weighted by Gasteiger charge is -2.27. The van der Waals surface area contributed by atoms with Crippen molar-refractivity contribution in [1.29, 1.82) is 0 Å². The number of hydrogen-bond acceptors (Lipinski definition) is 4. The van der Waals surface area contributed by atoms with Gasteiger partial charge in [-0.3, -0.25) is 4.90 Å². The Bertz CT molecular complexity index is 335. The summed E-state index contributed by atoms with van der Waals surface area (Å²) in [6, 6.07) is 0. The van der Waals surface area contributed by atoms with Gasteiger partial charge in [0, 0.05) is 13.1 Å². The summed E-state index contributed by atoms with van der Waals surface area (Å²) >= 11 is 0. The van der Waals surface area contributed by atoms with Crippen molar-refractivity contribution in [2.45, 2.75) is 39.3 Å². The van der Waals surface area contributed by atoms with Crippen molar-refractivity contribution in [2.75, 3.05) is 19.6 Å². The molecule has 0 fully saturated rings. The van der Waals surface area contributed by atoms with Crippen molar-refractivity contribution in [3.05, 3.63) is 12.2 Å². The highest BCUT2D eigenvalue weighted by atomic mass is 15.3. The molecule has 1 aromatic rings. The van der Waals surface area contributed by atoms with Gasteiger partial charge in [0.25, 0.3) is 0 Å². The zero-order valence-electron chi connectivity index (χ0n) is 10.7. The summed E-state index contributed by atoms with van der Waals surface area (Å²) in [7, 11) is 0. The molecule has 17 heavy (non-hydrogen) atoms. The number of aromatic nitrogens is 3. The molecule has 1 aromatic heterocycles. The van der Waals surface area contributed by atoms with Gasteiger partial charge in [0.15, 0.2) is 0 Å². The molecule has 0 radical (unpaired) electrons. The molecule has 1 atom stereocenters. The van der Waals surface area contributed by atoms with Crippen LogP contribution in [-0.4, -0.2) is 39.3 Å². The van der Waals surface area contributed by atoms with Gasteiger partial charge in [0.1, 0.15) is 12.2 Å². The molecule has 1 aliphatic heterocycles. The first-order chi connectivity index (χ1) is 8.29. The standard InChI is InChI=1S/C12H23N5/c1-11(4-5-13)3-2-6-16-7-8-17-10-14-15-12(17)9-16/h10-11H,2-9,13H2,1H3. The minimum atomic E-state index is 0.758. The van der Waals surface area contributed by atoms with Crippen molar-refractivity contribution in [3.8, 4) is 0 Å². The van der Waals surface area contributed by atoms with E-state index in [-0.39, 0.29) is 0 Å². The zero-order chi connectivity index (χ0) is 12.1. The summed E-state index contributed by atoms with van der Waals surface area (Å²) in [4.78, 5) is 2.47. The molecule has 5 nitrogen and oxygen atoms in total. The first-order valence-corrected chi connectivity index (χ1v) is 6.58. The highest BCUT2D eigenvalue weighted by Gasteiger charge is 2.16. The predicted octanol–water partition coefficient (Wildman–Crippen LogP) is 0.859. The molecule has 0 spiro atoms. The molecule has 5 heteroatoms. The molecule has 2 N–H and O–H groups in total. The van der Waals surface area contributed by atoms with Gasteiger partial charge in [0.2, 0.25) is 0 Å². The van der Waals surface area contributed by atoms with Crippen LogP contribution in [0.25, 0.3) is 0 Å². The third-order valence-corrected chi connectivity index (χ3v) is 3.55. The van der Waals surface area contributed by atoms with E-state index in [1.807, 2.05) is 6.33 Å². The largest absolute Gasteiger partial charge is 0.330 e. The Morgan fingerprint density at radius 3 is 3.12 bits per heavy atom. The van der Waals surface area contributed by atoms with Gasteiger partial charge in [-0.1, -0.05) is 6.92 Å². The maximum Gasteiger partial charge on any atom is 0.147 e. The maximum absolute atomic E-state index is 5.56. The fourth-order valence-corrected chi connectivity index (χ4v) is 2.40. The van der Waals surface area contributed by atoms with Gasteiger partial charge >= 0.3 is 0 Å². The second kappa shape index (κ2) is 6.12. The number of rotatable bonds is 6. The van der Waals surface area contributed by atoms with Crippen LogP contribution in [-0.2, 0) is 13.1 Å². The zero-order valence-corrected chi connectivity index (χ0v) is 10.7. The lowest BCUT2D eigenvalue weighted by Crippen LogP contribution is -2.34. The predicted molar refractivity (Wildman–Crippen MR) is 67.4 cm³/mol. The molecule has 2 rings (SSSR count).